The Morgan fingerprint density at radius 1 is 1.12 bits per heavy atom. The first-order valence-corrected chi connectivity index (χ1v) is 8.53. The number of rotatable bonds is 6. The van der Waals surface area contributed by atoms with Crippen molar-refractivity contribution in [2.75, 3.05) is 17.2 Å². The quantitative estimate of drug-likeness (QED) is 0.775. The molecular formula is C19H21FN4O. The van der Waals surface area contributed by atoms with Crippen molar-refractivity contribution >= 4 is 17.5 Å². The number of carbonyl (C=O) groups is 1. The van der Waals surface area contributed by atoms with Crippen LogP contribution in [0.5, 0.6) is 0 Å². The van der Waals surface area contributed by atoms with Crippen molar-refractivity contribution in [2.45, 2.75) is 32.1 Å². The van der Waals surface area contributed by atoms with Crippen LogP contribution in [0.25, 0.3) is 0 Å². The Kier molecular flexibility index (Phi) is 5.72. The first kappa shape index (κ1) is 17.1. The minimum Gasteiger partial charge on any atom is -0.368 e. The van der Waals surface area contributed by atoms with Gasteiger partial charge in [-0.3, -0.25) is 4.79 Å². The van der Waals surface area contributed by atoms with Gasteiger partial charge in [-0.05, 0) is 62.4 Å². The predicted octanol–water partition coefficient (Wildman–Crippen LogP) is 4.17. The number of hydrogen-bond donors (Lipinski definition) is 2. The maximum Gasteiger partial charge on any atom is 0.256 e. The van der Waals surface area contributed by atoms with Gasteiger partial charge in [0.2, 0.25) is 0 Å². The van der Waals surface area contributed by atoms with E-state index in [1.165, 1.54) is 49.5 Å². The number of aromatic nitrogens is 2. The van der Waals surface area contributed by atoms with Crippen LogP contribution in [0.3, 0.4) is 0 Å². The summed E-state index contributed by atoms with van der Waals surface area (Å²) in [6.45, 7) is 0.815. The van der Waals surface area contributed by atoms with E-state index >= 15 is 0 Å². The third-order valence-corrected chi connectivity index (χ3v) is 4.13. The van der Waals surface area contributed by atoms with Gasteiger partial charge < -0.3 is 10.6 Å². The van der Waals surface area contributed by atoms with Crippen molar-refractivity contribution in [3.63, 3.8) is 0 Å². The third-order valence-electron chi connectivity index (χ3n) is 4.13. The monoisotopic (exact) mass is 340 g/mol. The average Bonchev–Trinajstić information content (AvgIpc) is 2.64. The Balaban J connectivity index is 1.50. The van der Waals surface area contributed by atoms with Gasteiger partial charge in [0.15, 0.2) is 5.82 Å². The third kappa shape index (κ3) is 5.11. The maximum atomic E-state index is 13.2. The number of anilines is 2. The van der Waals surface area contributed by atoms with E-state index < -0.39 is 11.7 Å². The van der Waals surface area contributed by atoms with Gasteiger partial charge in [0.1, 0.15) is 11.6 Å². The van der Waals surface area contributed by atoms with Gasteiger partial charge in [-0.15, -0.1) is 10.2 Å². The average molecular weight is 340 g/mol. The zero-order chi connectivity index (χ0) is 17.5. The number of halogens is 1. The summed E-state index contributed by atoms with van der Waals surface area (Å²) in [5.74, 6) is 0.125. The van der Waals surface area contributed by atoms with Gasteiger partial charge >= 0.3 is 0 Å². The van der Waals surface area contributed by atoms with Crippen LogP contribution in [0.4, 0.5) is 16.0 Å². The minimum atomic E-state index is -0.452. The van der Waals surface area contributed by atoms with Crippen molar-refractivity contribution in [3.05, 3.63) is 59.4 Å². The number of hydrogen-bond acceptors (Lipinski definition) is 4. The Labute approximate surface area is 146 Å². The van der Waals surface area contributed by atoms with Crippen molar-refractivity contribution in [1.29, 1.82) is 0 Å². The highest BCUT2D eigenvalue weighted by Crippen LogP contribution is 2.20. The van der Waals surface area contributed by atoms with Crippen LogP contribution in [0.2, 0.25) is 0 Å². The molecule has 1 heterocycles. The van der Waals surface area contributed by atoms with E-state index in [4.69, 9.17) is 0 Å². The van der Waals surface area contributed by atoms with Crippen molar-refractivity contribution in [2.24, 2.45) is 0 Å². The molecule has 25 heavy (non-hydrogen) atoms. The summed E-state index contributed by atoms with van der Waals surface area (Å²) in [5.41, 5.74) is 1.75. The predicted molar refractivity (Wildman–Crippen MR) is 96.0 cm³/mol. The topological polar surface area (TPSA) is 66.9 Å². The molecule has 1 aromatic heterocycles. The molecule has 2 N–H and O–H groups in total. The zero-order valence-electron chi connectivity index (χ0n) is 14.0. The van der Waals surface area contributed by atoms with Crippen LogP contribution in [-0.4, -0.2) is 22.6 Å². The van der Waals surface area contributed by atoms with Gasteiger partial charge in [0, 0.05) is 12.1 Å². The molecule has 0 saturated carbocycles. The van der Waals surface area contributed by atoms with Gasteiger partial charge in [-0.1, -0.05) is 17.7 Å². The van der Waals surface area contributed by atoms with E-state index in [1.807, 2.05) is 0 Å². The fourth-order valence-electron chi connectivity index (χ4n) is 2.79. The number of nitrogens with one attached hydrogen (secondary N) is 2. The Hall–Kier alpha value is -2.76. The summed E-state index contributed by atoms with van der Waals surface area (Å²) in [6, 6.07) is 8.95. The van der Waals surface area contributed by atoms with E-state index in [1.54, 1.807) is 18.2 Å². The van der Waals surface area contributed by atoms with E-state index in [0.717, 1.165) is 13.0 Å². The molecule has 130 valence electrons. The number of nitrogens with zero attached hydrogens (tertiary/aromatic N) is 2. The molecule has 1 amide bonds. The van der Waals surface area contributed by atoms with Crippen molar-refractivity contribution < 1.29 is 9.18 Å². The SMILES string of the molecule is O=C(Nc1ccc(NCCC2=CCCCC2)nn1)c1cccc(F)c1. The molecule has 0 saturated heterocycles. The summed E-state index contributed by atoms with van der Waals surface area (Å²) in [7, 11) is 0. The molecule has 0 unspecified atom stereocenters. The molecular weight excluding hydrogens is 319 g/mol. The highest BCUT2D eigenvalue weighted by molar-refractivity contribution is 6.03. The van der Waals surface area contributed by atoms with Gasteiger partial charge in [0.05, 0.1) is 0 Å². The molecule has 0 fully saturated rings. The Morgan fingerprint density at radius 2 is 1.96 bits per heavy atom. The molecule has 0 atom stereocenters. The molecule has 1 aromatic carbocycles. The molecule has 0 aliphatic heterocycles. The van der Waals surface area contributed by atoms with E-state index in [-0.39, 0.29) is 5.56 Å². The summed E-state index contributed by atoms with van der Waals surface area (Å²) in [5, 5.41) is 13.9. The summed E-state index contributed by atoms with van der Waals surface area (Å²) in [4.78, 5) is 12.0. The number of amides is 1. The van der Waals surface area contributed by atoms with Crippen LogP contribution in [-0.2, 0) is 0 Å². The normalized spacial score (nSPS) is 13.9. The van der Waals surface area contributed by atoms with Gasteiger partial charge in [0.25, 0.3) is 5.91 Å². The second kappa shape index (κ2) is 8.37. The van der Waals surface area contributed by atoms with Crippen molar-refractivity contribution in [1.82, 2.24) is 10.2 Å². The highest BCUT2D eigenvalue weighted by atomic mass is 19.1. The molecule has 0 spiro atoms. The second-order valence-electron chi connectivity index (χ2n) is 6.05. The van der Waals surface area contributed by atoms with E-state index in [9.17, 15) is 9.18 Å². The summed E-state index contributed by atoms with van der Waals surface area (Å²) in [6.07, 6.45) is 8.31. The van der Waals surface area contributed by atoms with E-state index in [2.05, 4.69) is 26.9 Å². The zero-order valence-corrected chi connectivity index (χ0v) is 14.0. The molecule has 1 aliphatic rings. The lowest BCUT2D eigenvalue weighted by atomic mass is 9.97. The Morgan fingerprint density at radius 3 is 2.68 bits per heavy atom. The fraction of sp³-hybridized carbons (Fsp3) is 0.316. The van der Waals surface area contributed by atoms with Gasteiger partial charge in [-0.2, -0.15) is 0 Å². The lowest BCUT2D eigenvalue weighted by Gasteiger charge is -2.13. The summed E-state index contributed by atoms with van der Waals surface area (Å²) >= 11 is 0. The molecule has 3 rings (SSSR count). The van der Waals surface area contributed by atoms with Gasteiger partial charge in [-0.25, -0.2) is 4.39 Å². The van der Waals surface area contributed by atoms with E-state index in [0.29, 0.717) is 11.6 Å². The second-order valence-corrected chi connectivity index (χ2v) is 6.05. The lowest BCUT2D eigenvalue weighted by molar-refractivity contribution is 0.102. The standard InChI is InChI=1S/C19H21FN4O/c20-16-8-4-7-15(13-16)19(25)22-18-10-9-17(23-24-18)21-12-11-14-5-2-1-3-6-14/h4-5,7-10,13H,1-3,6,11-12H2,(H,21,23)(H,22,24,25). The van der Waals surface area contributed by atoms with Crippen LogP contribution >= 0.6 is 0 Å². The molecule has 1 aliphatic carbocycles. The first-order valence-electron chi connectivity index (χ1n) is 8.53. The fourth-order valence-corrected chi connectivity index (χ4v) is 2.79. The molecule has 5 nitrogen and oxygen atoms in total. The number of allylic oxidation sites excluding steroid dienone is 1. The van der Waals surface area contributed by atoms with Crippen LogP contribution in [0.15, 0.2) is 48.0 Å². The maximum absolute atomic E-state index is 13.2. The van der Waals surface area contributed by atoms with Crippen molar-refractivity contribution in [3.8, 4) is 0 Å². The lowest BCUT2D eigenvalue weighted by Crippen LogP contribution is -2.14. The molecule has 2 aromatic rings. The molecule has 0 radical (unpaired) electrons. The largest absolute Gasteiger partial charge is 0.368 e. The molecule has 0 bridgehead atoms. The van der Waals surface area contributed by atoms with Crippen LogP contribution < -0.4 is 10.6 Å². The molecule has 6 heteroatoms. The summed E-state index contributed by atoms with van der Waals surface area (Å²) < 4.78 is 13.2. The first-order chi connectivity index (χ1) is 12.2. The van der Waals surface area contributed by atoms with Crippen LogP contribution in [0.1, 0.15) is 42.5 Å². The smallest absolute Gasteiger partial charge is 0.256 e. The number of benzene rings is 1. The number of carbonyl (C=O) groups excluding carboxylic acids is 1. The minimum absolute atomic E-state index is 0.241. The van der Waals surface area contributed by atoms with Crippen LogP contribution in [0, 0.1) is 5.82 Å². The highest BCUT2D eigenvalue weighted by Gasteiger charge is 2.08. The Bertz CT molecular complexity index is 758.